The van der Waals surface area contributed by atoms with E-state index < -0.39 is 0 Å². The monoisotopic (exact) mass is 395 g/mol. The molecule has 1 saturated heterocycles. The smallest absolute Gasteiger partial charge is 0.224 e. The van der Waals surface area contributed by atoms with Crippen molar-refractivity contribution in [3.05, 3.63) is 41.1 Å². The number of amides is 1. The largest absolute Gasteiger partial charge is 0.379 e. The lowest BCUT2D eigenvalue weighted by Gasteiger charge is -2.48. The number of ether oxygens (including phenoxy) is 1. The van der Waals surface area contributed by atoms with Crippen LogP contribution in [0.2, 0.25) is 0 Å². The van der Waals surface area contributed by atoms with Gasteiger partial charge in [0, 0.05) is 36.3 Å². The Morgan fingerprint density at radius 2 is 1.86 bits per heavy atom. The number of carbonyl (C=O) groups is 1. The van der Waals surface area contributed by atoms with Crippen molar-refractivity contribution in [1.82, 2.24) is 15.2 Å². The Morgan fingerprint density at radius 1 is 1.14 bits per heavy atom. The van der Waals surface area contributed by atoms with Crippen LogP contribution >= 0.6 is 0 Å². The number of carbonyl (C=O) groups excluding carboxylic acids is 1. The van der Waals surface area contributed by atoms with Crippen LogP contribution in [0.3, 0.4) is 0 Å². The van der Waals surface area contributed by atoms with Gasteiger partial charge in [0.05, 0.1) is 25.2 Å². The van der Waals surface area contributed by atoms with Crippen molar-refractivity contribution in [2.45, 2.75) is 57.9 Å². The van der Waals surface area contributed by atoms with Crippen LogP contribution in [0.25, 0.3) is 10.9 Å². The molecular formula is C24H33N3O2. The first-order chi connectivity index (χ1) is 14.1. The standard InChI is InChI=1S/C24H33N3O2/c1-18-20-8-4-5-9-22(20)26-19(2)21(18)16-23(28)25-17-24(10-6-3-7-11-24)27-12-14-29-15-13-27/h4-5,8-9H,3,6-7,10-17H2,1-2H3,(H,25,28). The molecule has 5 nitrogen and oxygen atoms in total. The molecule has 1 saturated carbocycles. The van der Waals surface area contributed by atoms with Gasteiger partial charge in [0.25, 0.3) is 0 Å². The highest BCUT2D eigenvalue weighted by atomic mass is 16.5. The summed E-state index contributed by atoms with van der Waals surface area (Å²) in [4.78, 5) is 20.2. The number of rotatable bonds is 5. The molecule has 1 aliphatic heterocycles. The molecule has 0 atom stereocenters. The second-order valence-corrected chi connectivity index (χ2v) is 8.66. The minimum absolute atomic E-state index is 0.101. The fourth-order valence-electron chi connectivity index (χ4n) is 5.17. The third-order valence-electron chi connectivity index (χ3n) is 6.90. The normalized spacial score (nSPS) is 19.9. The number of aromatic nitrogens is 1. The van der Waals surface area contributed by atoms with Crippen LogP contribution in [0.4, 0.5) is 0 Å². The molecular weight excluding hydrogens is 362 g/mol. The number of hydrogen-bond donors (Lipinski definition) is 1. The zero-order chi connectivity index (χ0) is 20.3. The summed E-state index contributed by atoms with van der Waals surface area (Å²) in [7, 11) is 0. The second-order valence-electron chi connectivity index (χ2n) is 8.66. The third kappa shape index (κ3) is 4.31. The van der Waals surface area contributed by atoms with Gasteiger partial charge in [-0.25, -0.2) is 0 Å². The molecule has 0 spiro atoms. The maximum absolute atomic E-state index is 12.9. The number of nitrogens with zero attached hydrogens (tertiary/aromatic N) is 2. The summed E-state index contributed by atoms with van der Waals surface area (Å²) in [5.41, 5.74) is 4.29. The summed E-state index contributed by atoms with van der Waals surface area (Å²) >= 11 is 0. The van der Waals surface area contributed by atoms with Crippen LogP contribution in [0.1, 0.15) is 48.9 Å². The van der Waals surface area contributed by atoms with Crippen molar-refractivity contribution in [1.29, 1.82) is 0 Å². The number of para-hydroxylation sites is 1. The lowest BCUT2D eigenvalue weighted by molar-refractivity contribution is -0.121. The van der Waals surface area contributed by atoms with Gasteiger partial charge < -0.3 is 10.1 Å². The van der Waals surface area contributed by atoms with E-state index in [-0.39, 0.29) is 11.4 Å². The molecule has 1 amide bonds. The highest BCUT2D eigenvalue weighted by Gasteiger charge is 2.38. The first-order valence-electron chi connectivity index (χ1n) is 11.0. The molecule has 4 rings (SSSR count). The predicted molar refractivity (Wildman–Crippen MR) is 116 cm³/mol. The zero-order valence-corrected chi connectivity index (χ0v) is 17.8. The quantitative estimate of drug-likeness (QED) is 0.841. The van der Waals surface area contributed by atoms with E-state index in [0.717, 1.165) is 55.0 Å². The molecule has 0 bridgehead atoms. The van der Waals surface area contributed by atoms with E-state index in [0.29, 0.717) is 6.42 Å². The Morgan fingerprint density at radius 3 is 2.62 bits per heavy atom. The van der Waals surface area contributed by atoms with Crippen molar-refractivity contribution >= 4 is 16.8 Å². The molecule has 2 fully saturated rings. The topological polar surface area (TPSA) is 54.5 Å². The van der Waals surface area contributed by atoms with Gasteiger partial charge in [-0.2, -0.15) is 0 Å². The zero-order valence-electron chi connectivity index (χ0n) is 17.8. The number of fused-ring (bicyclic) bond motifs is 1. The van der Waals surface area contributed by atoms with Crippen molar-refractivity contribution in [2.24, 2.45) is 0 Å². The molecule has 2 aromatic rings. The van der Waals surface area contributed by atoms with Gasteiger partial charge in [-0.1, -0.05) is 37.5 Å². The van der Waals surface area contributed by atoms with Crippen LogP contribution in [0, 0.1) is 13.8 Å². The third-order valence-corrected chi connectivity index (χ3v) is 6.90. The van der Waals surface area contributed by atoms with E-state index in [1.807, 2.05) is 25.1 Å². The summed E-state index contributed by atoms with van der Waals surface area (Å²) in [6, 6.07) is 8.17. The Hall–Kier alpha value is -1.98. The summed E-state index contributed by atoms with van der Waals surface area (Å²) in [5, 5.41) is 4.43. The van der Waals surface area contributed by atoms with Crippen molar-refractivity contribution in [3.8, 4) is 0 Å². The lowest BCUT2D eigenvalue weighted by atomic mass is 9.79. The average Bonchev–Trinajstić information content (AvgIpc) is 2.76. The molecule has 156 valence electrons. The van der Waals surface area contributed by atoms with E-state index in [1.165, 1.54) is 37.7 Å². The van der Waals surface area contributed by atoms with Gasteiger partial charge in [-0.05, 0) is 43.9 Å². The number of hydrogen-bond acceptors (Lipinski definition) is 4. The molecule has 5 heteroatoms. The van der Waals surface area contributed by atoms with E-state index in [2.05, 4.69) is 23.2 Å². The lowest BCUT2D eigenvalue weighted by Crippen LogP contribution is -2.59. The average molecular weight is 396 g/mol. The van der Waals surface area contributed by atoms with E-state index in [1.54, 1.807) is 0 Å². The molecule has 1 aromatic carbocycles. The van der Waals surface area contributed by atoms with Crippen LogP contribution in [-0.4, -0.2) is 54.2 Å². The molecule has 2 heterocycles. The number of benzene rings is 1. The van der Waals surface area contributed by atoms with Gasteiger partial charge in [-0.15, -0.1) is 0 Å². The number of nitrogens with one attached hydrogen (secondary N) is 1. The Labute approximate surface area is 173 Å². The SMILES string of the molecule is Cc1nc2ccccc2c(C)c1CC(=O)NCC1(N2CCOCC2)CCCCC1. The van der Waals surface area contributed by atoms with Crippen molar-refractivity contribution in [2.75, 3.05) is 32.8 Å². The highest BCUT2D eigenvalue weighted by Crippen LogP contribution is 2.34. The highest BCUT2D eigenvalue weighted by molar-refractivity contribution is 5.86. The molecule has 0 radical (unpaired) electrons. The molecule has 1 aliphatic carbocycles. The van der Waals surface area contributed by atoms with Gasteiger partial charge in [0.15, 0.2) is 0 Å². The van der Waals surface area contributed by atoms with E-state index >= 15 is 0 Å². The maximum Gasteiger partial charge on any atom is 0.224 e. The molecule has 29 heavy (non-hydrogen) atoms. The predicted octanol–water partition coefficient (Wildman–Crippen LogP) is 3.55. The number of pyridine rings is 1. The van der Waals surface area contributed by atoms with E-state index in [9.17, 15) is 4.79 Å². The van der Waals surface area contributed by atoms with Gasteiger partial charge >= 0.3 is 0 Å². The maximum atomic E-state index is 12.9. The fraction of sp³-hybridized carbons (Fsp3) is 0.583. The molecule has 2 aliphatic rings. The van der Waals surface area contributed by atoms with Crippen LogP contribution in [0.5, 0.6) is 0 Å². The summed E-state index contributed by atoms with van der Waals surface area (Å²) in [5.74, 6) is 0.103. The number of morpholine rings is 1. The Balaban J connectivity index is 1.47. The summed E-state index contributed by atoms with van der Waals surface area (Å²) < 4.78 is 5.57. The van der Waals surface area contributed by atoms with Crippen molar-refractivity contribution < 1.29 is 9.53 Å². The minimum Gasteiger partial charge on any atom is -0.379 e. The second kappa shape index (κ2) is 8.80. The summed E-state index contributed by atoms with van der Waals surface area (Å²) in [6.45, 7) is 8.42. The van der Waals surface area contributed by atoms with Crippen LogP contribution < -0.4 is 5.32 Å². The first-order valence-corrected chi connectivity index (χ1v) is 11.0. The van der Waals surface area contributed by atoms with Crippen molar-refractivity contribution in [3.63, 3.8) is 0 Å². The number of aryl methyl sites for hydroxylation is 2. The summed E-state index contributed by atoms with van der Waals surface area (Å²) in [6.07, 6.45) is 6.54. The Kier molecular flexibility index (Phi) is 6.16. The molecule has 1 N–H and O–H groups in total. The first kappa shape index (κ1) is 20.3. The van der Waals surface area contributed by atoms with Gasteiger partial charge in [0.1, 0.15) is 0 Å². The Bertz CT molecular complexity index is 868. The van der Waals surface area contributed by atoms with Gasteiger partial charge in [-0.3, -0.25) is 14.7 Å². The van der Waals surface area contributed by atoms with E-state index in [4.69, 9.17) is 9.72 Å². The molecule has 1 aromatic heterocycles. The van der Waals surface area contributed by atoms with Crippen LogP contribution in [-0.2, 0) is 16.0 Å². The molecule has 0 unspecified atom stereocenters. The van der Waals surface area contributed by atoms with Crippen LogP contribution in [0.15, 0.2) is 24.3 Å². The van der Waals surface area contributed by atoms with Gasteiger partial charge in [0.2, 0.25) is 5.91 Å². The minimum atomic E-state index is 0.101. The fourth-order valence-corrected chi connectivity index (χ4v) is 5.17.